The van der Waals surface area contributed by atoms with E-state index in [9.17, 15) is 5.11 Å². The van der Waals surface area contributed by atoms with Crippen molar-refractivity contribution >= 4 is 6.08 Å². The van der Waals surface area contributed by atoms with Crippen LogP contribution in [-0.4, -0.2) is 11.2 Å². The molecule has 1 nitrogen and oxygen atoms in total. The molecule has 1 rings (SSSR count). The van der Waals surface area contributed by atoms with Crippen LogP contribution in [-0.2, 0) is 0 Å². The lowest BCUT2D eigenvalue weighted by molar-refractivity contribution is 0.200. The van der Waals surface area contributed by atoms with E-state index in [0.29, 0.717) is 5.92 Å². The monoisotopic (exact) mass is 216 g/mol. The zero-order chi connectivity index (χ0) is 11.8. The molecule has 1 aromatic rings. The van der Waals surface area contributed by atoms with Crippen LogP contribution in [0, 0.1) is 5.92 Å². The lowest BCUT2D eigenvalue weighted by atomic mass is 10.0. The summed E-state index contributed by atoms with van der Waals surface area (Å²) in [6, 6.07) is 10.2. The SMILES string of the molecule is C/C=C\[C@H](O)C[C@H](C)/C=C/c1ccccc1. The van der Waals surface area contributed by atoms with Crippen LogP contribution >= 0.6 is 0 Å². The van der Waals surface area contributed by atoms with Gasteiger partial charge in [-0.05, 0) is 24.8 Å². The molecule has 0 bridgehead atoms. The van der Waals surface area contributed by atoms with Crippen LogP contribution in [0.1, 0.15) is 25.8 Å². The van der Waals surface area contributed by atoms with Crippen molar-refractivity contribution in [3.05, 3.63) is 54.1 Å². The van der Waals surface area contributed by atoms with Gasteiger partial charge in [0.2, 0.25) is 0 Å². The van der Waals surface area contributed by atoms with Gasteiger partial charge in [0.1, 0.15) is 0 Å². The van der Waals surface area contributed by atoms with E-state index in [4.69, 9.17) is 0 Å². The van der Waals surface area contributed by atoms with E-state index >= 15 is 0 Å². The standard InChI is InChI=1S/C15H20O/c1-3-7-15(16)12-13(2)10-11-14-8-5-4-6-9-14/h3-11,13,15-16H,12H2,1-2H3/b7-3-,11-10+/t13-,15+/m1/s1. The van der Waals surface area contributed by atoms with Crippen LogP contribution in [0.5, 0.6) is 0 Å². The average Bonchev–Trinajstić information content (AvgIpc) is 2.28. The molecule has 0 aromatic heterocycles. The second kappa shape index (κ2) is 7.02. The lowest BCUT2D eigenvalue weighted by Gasteiger charge is -2.09. The normalized spacial score (nSPS) is 15.7. The molecule has 1 N–H and O–H groups in total. The molecule has 1 heteroatoms. The van der Waals surface area contributed by atoms with Gasteiger partial charge in [-0.2, -0.15) is 0 Å². The average molecular weight is 216 g/mol. The Bertz CT molecular complexity index is 338. The first-order valence-electron chi connectivity index (χ1n) is 5.76. The second-order valence-corrected chi connectivity index (χ2v) is 4.08. The molecule has 1 aromatic carbocycles. The van der Waals surface area contributed by atoms with Gasteiger partial charge in [-0.1, -0.05) is 61.6 Å². The van der Waals surface area contributed by atoms with Crippen LogP contribution in [0.2, 0.25) is 0 Å². The fraction of sp³-hybridized carbons (Fsp3) is 0.333. The Morgan fingerprint density at radius 1 is 1.19 bits per heavy atom. The third kappa shape index (κ3) is 4.94. The van der Waals surface area contributed by atoms with E-state index < -0.39 is 0 Å². The highest BCUT2D eigenvalue weighted by Crippen LogP contribution is 2.11. The highest BCUT2D eigenvalue weighted by Gasteiger charge is 2.03. The van der Waals surface area contributed by atoms with Gasteiger partial charge in [-0.3, -0.25) is 0 Å². The van der Waals surface area contributed by atoms with Gasteiger partial charge >= 0.3 is 0 Å². The maximum Gasteiger partial charge on any atom is 0.0726 e. The zero-order valence-electron chi connectivity index (χ0n) is 10.0. The van der Waals surface area contributed by atoms with Gasteiger partial charge in [0.05, 0.1) is 6.10 Å². The summed E-state index contributed by atoms with van der Waals surface area (Å²) in [4.78, 5) is 0. The van der Waals surface area contributed by atoms with Crippen molar-refractivity contribution in [2.45, 2.75) is 26.4 Å². The third-order valence-corrected chi connectivity index (χ3v) is 2.44. The smallest absolute Gasteiger partial charge is 0.0726 e. The summed E-state index contributed by atoms with van der Waals surface area (Å²) in [6.07, 6.45) is 8.40. The van der Waals surface area contributed by atoms with Crippen LogP contribution in [0.15, 0.2) is 48.6 Å². The molecule has 0 radical (unpaired) electrons. The minimum absolute atomic E-state index is 0.333. The van der Waals surface area contributed by atoms with Gasteiger partial charge in [-0.15, -0.1) is 0 Å². The van der Waals surface area contributed by atoms with E-state index in [-0.39, 0.29) is 6.10 Å². The van der Waals surface area contributed by atoms with E-state index in [1.165, 1.54) is 5.56 Å². The predicted molar refractivity (Wildman–Crippen MR) is 70.1 cm³/mol. The number of hydrogen-bond acceptors (Lipinski definition) is 1. The molecular weight excluding hydrogens is 196 g/mol. The molecule has 0 saturated heterocycles. The van der Waals surface area contributed by atoms with Crippen LogP contribution in [0.3, 0.4) is 0 Å². The second-order valence-electron chi connectivity index (χ2n) is 4.08. The molecule has 0 aliphatic heterocycles. The van der Waals surface area contributed by atoms with Crippen LogP contribution in [0.25, 0.3) is 6.08 Å². The Morgan fingerprint density at radius 2 is 1.88 bits per heavy atom. The topological polar surface area (TPSA) is 20.2 Å². The number of allylic oxidation sites excluding steroid dienone is 2. The Labute approximate surface area is 98.1 Å². The fourth-order valence-corrected chi connectivity index (χ4v) is 1.60. The molecule has 0 aliphatic carbocycles. The number of aliphatic hydroxyl groups is 1. The van der Waals surface area contributed by atoms with Crippen LogP contribution in [0.4, 0.5) is 0 Å². The summed E-state index contributed by atoms with van der Waals surface area (Å²) >= 11 is 0. The number of aliphatic hydroxyl groups excluding tert-OH is 1. The number of benzene rings is 1. The molecule has 0 aliphatic rings. The summed E-state index contributed by atoms with van der Waals surface area (Å²) in [5.74, 6) is 0.381. The van der Waals surface area contributed by atoms with E-state index in [1.54, 1.807) is 0 Å². The summed E-state index contributed by atoms with van der Waals surface area (Å²) in [5.41, 5.74) is 1.20. The van der Waals surface area contributed by atoms with Crippen molar-refractivity contribution in [3.8, 4) is 0 Å². The molecule has 0 heterocycles. The first kappa shape index (κ1) is 12.7. The van der Waals surface area contributed by atoms with Gasteiger partial charge in [0, 0.05) is 0 Å². The third-order valence-electron chi connectivity index (χ3n) is 2.44. The maximum atomic E-state index is 9.60. The zero-order valence-corrected chi connectivity index (χ0v) is 10.0. The molecule has 2 atom stereocenters. The molecule has 0 fully saturated rings. The Hall–Kier alpha value is -1.34. The highest BCUT2D eigenvalue weighted by molar-refractivity contribution is 5.48. The van der Waals surface area contributed by atoms with Crippen molar-refractivity contribution in [3.63, 3.8) is 0 Å². The van der Waals surface area contributed by atoms with Gasteiger partial charge in [-0.25, -0.2) is 0 Å². The first-order chi connectivity index (χ1) is 7.72. The Balaban J connectivity index is 2.45. The van der Waals surface area contributed by atoms with Gasteiger partial charge < -0.3 is 5.11 Å². The minimum Gasteiger partial charge on any atom is -0.389 e. The molecule has 16 heavy (non-hydrogen) atoms. The molecule has 0 unspecified atom stereocenters. The number of hydrogen-bond donors (Lipinski definition) is 1. The summed E-state index contributed by atoms with van der Waals surface area (Å²) in [5, 5.41) is 9.60. The quantitative estimate of drug-likeness (QED) is 0.745. The van der Waals surface area contributed by atoms with Crippen molar-refractivity contribution in [2.75, 3.05) is 0 Å². The van der Waals surface area contributed by atoms with Crippen LogP contribution < -0.4 is 0 Å². The summed E-state index contributed by atoms with van der Waals surface area (Å²) in [6.45, 7) is 4.04. The molecular formula is C15H20O. The van der Waals surface area contributed by atoms with Gasteiger partial charge in [0.15, 0.2) is 0 Å². The molecule has 0 saturated carbocycles. The largest absolute Gasteiger partial charge is 0.389 e. The van der Waals surface area contributed by atoms with Gasteiger partial charge in [0.25, 0.3) is 0 Å². The minimum atomic E-state index is -0.333. The Morgan fingerprint density at radius 3 is 2.50 bits per heavy atom. The molecule has 0 amide bonds. The summed E-state index contributed by atoms with van der Waals surface area (Å²) < 4.78 is 0. The van der Waals surface area contributed by atoms with Crippen molar-refractivity contribution < 1.29 is 5.11 Å². The summed E-state index contributed by atoms with van der Waals surface area (Å²) in [7, 11) is 0. The number of rotatable bonds is 5. The fourth-order valence-electron chi connectivity index (χ4n) is 1.60. The first-order valence-corrected chi connectivity index (χ1v) is 5.76. The molecule has 86 valence electrons. The van der Waals surface area contributed by atoms with E-state index in [1.807, 2.05) is 37.3 Å². The van der Waals surface area contributed by atoms with Crippen molar-refractivity contribution in [2.24, 2.45) is 5.92 Å². The Kier molecular flexibility index (Phi) is 5.58. The lowest BCUT2D eigenvalue weighted by Crippen LogP contribution is -2.06. The maximum absolute atomic E-state index is 9.60. The van der Waals surface area contributed by atoms with E-state index in [2.05, 4.69) is 31.2 Å². The molecule has 0 spiro atoms. The van der Waals surface area contributed by atoms with Crippen molar-refractivity contribution in [1.29, 1.82) is 0 Å². The highest BCUT2D eigenvalue weighted by atomic mass is 16.3. The predicted octanol–water partition coefficient (Wildman–Crippen LogP) is 3.66. The van der Waals surface area contributed by atoms with E-state index in [0.717, 1.165) is 6.42 Å². The van der Waals surface area contributed by atoms with Crippen molar-refractivity contribution in [1.82, 2.24) is 0 Å².